The van der Waals surface area contributed by atoms with Crippen molar-refractivity contribution in [3.63, 3.8) is 0 Å². The first-order valence-corrected chi connectivity index (χ1v) is 3.75. The lowest BCUT2D eigenvalue weighted by atomic mass is 10.1. The van der Waals surface area contributed by atoms with E-state index in [1.165, 1.54) is 12.4 Å². The van der Waals surface area contributed by atoms with Crippen molar-refractivity contribution in [1.29, 1.82) is 0 Å². The Kier molecular flexibility index (Phi) is 1.63. The number of aromatic nitrogens is 2. The van der Waals surface area contributed by atoms with Gasteiger partial charge in [-0.25, -0.2) is 14.2 Å². The first-order chi connectivity index (χ1) is 6.61. The molecule has 0 radical (unpaired) electrons. The zero-order chi connectivity index (χ0) is 10.3. The highest BCUT2D eigenvalue weighted by Crippen LogP contribution is 2.24. The summed E-state index contributed by atoms with van der Waals surface area (Å²) in [7, 11) is 0. The maximum absolute atomic E-state index is 13.4. The van der Waals surface area contributed by atoms with Gasteiger partial charge in [0.1, 0.15) is 5.52 Å². The van der Waals surface area contributed by atoms with E-state index in [1.807, 2.05) is 0 Å². The molecule has 0 bridgehead atoms. The first kappa shape index (κ1) is 8.49. The third-order valence-corrected chi connectivity index (χ3v) is 1.92. The molecule has 0 unspecified atom stereocenters. The number of nitrogens with one attached hydrogen (secondary N) is 1. The van der Waals surface area contributed by atoms with Gasteiger partial charge in [0.15, 0.2) is 5.82 Å². The number of anilines is 1. The number of rotatable bonds is 1. The Balaban J connectivity index is 2.87. The van der Waals surface area contributed by atoms with Crippen LogP contribution in [0.3, 0.4) is 0 Å². The van der Waals surface area contributed by atoms with Crippen molar-refractivity contribution in [1.82, 2.24) is 9.97 Å². The molecule has 2 rings (SSSR count). The zero-order valence-electron chi connectivity index (χ0n) is 6.91. The third-order valence-electron chi connectivity index (χ3n) is 1.92. The minimum absolute atomic E-state index is 0.0486. The van der Waals surface area contributed by atoms with E-state index < -0.39 is 17.5 Å². The fourth-order valence-electron chi connectivity index (χ4n) is 1.23. The number of imidazole rings is 1. The van der Waals surface area contributed by atoms with Crippen molar-refractivity contribution in [3.05, 3.63) is 23.8 Å². The lowest BCUT2D eigenvalue weighted by Crippen LogP contribution is -2.05. The molecule has 0 amide bonds. The molecule has 0 spiro atoms. The molecule has 1 heterocycles. The summed E-state index contributed by atoms with van der Waals surface area (Å²) in [6.45, 7) is 0. The Hall–Kier alpha value is -2.11. The summed E-state index contributed by atoms with van der Waals surface area (Å²) >= 11 is 0. The molecular weight excluding hydrogens is 189 g/mol. The van der Waals surface area contributed by atoms with E-state index in [-0.39, 0.29) is 11.1 Å². The predicted molar refractivity (Wildman–Crippen MR) is 47.4 cm³/mol. The molecule has 6 heteroatoms. The summed E-state index contributed by atoms with van der Waals surface area (Å²) in [5, 5.41) is 8.71. The number of hydrogen-bond donors (Lipinski definition) is 3. The van der Waals surface area contributed by atoms with Crippen molar-refractivity contribution in [2.75, 3.05) is 5.73 Å². The summed E-state index contributed by atoms with van der Waals surface area (Å²) in [4.78, 5) is 16.9. The summed E-state index contributed by atoms with van der Waals surface area (Å²) in [6, 6.07) is 1.25. The molecule has 5 nitrogen and oxygen atoms in total. The quantitative estimate of drug-likeness (QED) is 0.591. The summed E-state index contributed by atoms with van der Waals surface area (Å²) < 4.78 is 13.4. The molecule has 0 fully saturated rings. The summed E-state index contributed by atoms with van der Waals surface area (Å²) in [6.07, 6.45) is 1.28. The number of aromatic carboxylic acids is 1. The molecule has 0 saturated carbocycles. The van der Waals surface area contributed by atoms with Crippen LogP contribution in [0.15, 0.2) is 12.4 Å². The van der Waals surface area contributed by atoms with Crippen molar-refractivity contribution in [2.45, 2.75) is 0 Å². The smallest absolute Gasteiger partial charge is 0.337 e. The predicted octanol–water partition coefficient (Wildman–Crippen LogP) is 0.982. The number of fused-ring (bicyclic) bond motifs is 1. The van der Waals surface area contributed by atoms with E-state index in [4.69, 9.17) is 10.8 Å². The van der Waals surface area contributed by atoms with Crippen LogP contribution < -0.4 is 5.73 Å². The average Bonchev–Trinajstić information content (AvgIpc) is 2.58. The van der Waals surface area contributed by atoms with Crippen molar-refractivity contribution in [2.24, 2.45) is 0 Å². The number of H-pyrrole nitrogens is 1. The minimum atomic E-state index is -1.27. The van der Waals surface area contributed by atoms with E-state index in [0.29, 0.717) is 5.52 Å². The normalized spacial score (nSPS) is 10.6. The van der Waals surface area contributed by atoms with Crippen LogP contribution in [-0.4, -0.2) is 21.0 Å². The maximum Gasteiger partial charge on any atom is 0.337 e. The van der Waals surface area contributed by atoms with Crippen molar-refractivity contribution >= 4 is 22.7 Å². The van der Waals surface area contributed by atoms with E-state index in [0.717, 1.165) is 0 Å². The molecule has 0 aliphatic heterocycles. The van der Waals surface area contributed by atoms with E-state index in [2.05, 4.69) is 9.97 Å². The highest BCUT2D eigenvalue weighted by atomic mass is 19.1. The monoisotopic (exact) mass is 195 g/mol. The number of carboxylic acid groups (broad SMARTS) is 1. The fraction of sp³-hybridized carbons (Fsp3) is 0. The molecule has 14 heavy (non-hydrogen) atoms. The van der Waals surface area contributed by atoms with Gasteiger partial charge in [0.25, 0.3) is 0 Å². The van der Waals surface area contributed by atoms with Crippen LogP contribution >= 0.6 is 0 Å². The molecule has 1 aromatic carbocycles. The van der Waals surface area contributed by atoms with E-state index in [1.54, 1.807) is 0 Å². The van der Waals surface area contributed by atoms with Crippen molar-refractivity contribution in [3.8, 4) is 0 Å². The highest BCUT2D eigenvalue weighted by molar-refractivity contribution is 5.98. The number of carbonyl (C=O) groups is 1. The largest absolute Gasteiger partial charge is 0.478 e. The number of nitrogens with zero attached hydrogens (tertiary/aromatic N) is 1. The Morgan fingerprint density at radius 3 is 3.00 bits per heavy atom. The van der Waals surface area contributed by atoms with E-state index >= 15 is 0 Å². The van der Waals surface area contributed by atoms with Crippen LogP contribution in [0.1, 0.15) is 10.4 Å². The second-order valence-corrected chi connectivity index (χ2v) is 2.76. The molecule has 1 aromatic heterocycles. The number of nitrogen functional groups attached to an aromatic ring is 1. The van der Waals surface area contributed by atoms with E-state index in [9.17, 15) is 9.18 Å². The summed E-state index contributed by atoms with van der Waals surface area (Å²) in [5.74, 6) is -2.07. The van der Waals surface area contributed by atoms with Gasteiger partial charge in [0, 0.05) is 0 Å². The minimum Gasteiger partial charge on any atom is -0.478 e. The van der Waals surface area contributed by atoms with Gasteiger partial charge in [-0.3, -0.25) is 0 Å². The molecule has 0 aliphatic carbocycles. The molecule has 72 valence electrons. The summed E-state index contributed by atoms with van der Waals surface area (Å²) in [5.41, 5.74) is 5.01. The number of carboxylic acids is 1. The van der Waals surface area contributed by atoms with Crippen LogP contribution in [0.25, 0.3) is 11.0 Å². The highest BCUT2D eigenvalue weighted by Gasteiger charge is 2.16. The van der Waals surface area contributed by atoms with Gasteiger partial charge in [-0.1, -0.05) is 0 Å². The number of hydrogen-bond acceptors (Lipinski definition) is 3. The topological polar surface area (TPSA) is 92.0 Å². The number of halogens is 1. The molecule has 0 saturated heterocycles. The van der Waals surface area contributed by atoms with Crippen LogP contribution in [-0.2, 0) is 0 Å². The van der Waals surface area contributed by atoms with Gasteiger partial charge in [0.2, 0.25) is 0 Å². The Labute approximate surface area is 77.4 Å². The average molecular weight is 195 g/mol. The second-order valence-electron chi connectivity index (χ2n) is 2.76. The fourth-order valence-corrected chi connectivity index (χ4v) is 1.23. The second kappa shape index (κ2) is 2.69. The lowest BCUT2D eigenvalue weighted by molar-refractivity contribution is 0.0698. The zero-order valence-corrected chi connectivity index (χ0v) is 6.91. The van der Waals surface area contributed by atoms with Gasteiger partial charge in [-0.15, -0.1) is 0 Å². The molecule has 2 aromatic rings. The van der Waals surface area contributed by atoms with Gasteiger partial charge in [0.05, 0.1) is 23.1 Å². The van der Waals surface area contributed by atoms with Gasteiger partial charge < -0.3 is 15.8 Å². The molecule has 4 N–H and O–H groups in total. The van der Waals surface area contributed by atoms with Crippen LogP contribution in [0.2, 0.25) is 0 Å². The Morgan fingerprint density at radius 2 is 2.36 bits per heavy atom. The van der Waals surface area contributed by atoms with Crippen LogP contribution in [0, 0.1) is 5.82 Å². The number of benzene rings is 1. The van der Waals surface area contributed by atoms with Crippen molar-refractivity contribution < 1.29 is 14.3 Å². The standard InChI is InChI=1S/C8H6FN3O2/c9-5-6(10)3(8(13)14)1-4-7(5)12-2-11-4/h1-2H,10H2,(H,11,12)(H,13,14). The number of nitrogens with two attached hydrogens (primary N) is 1. The molecular formula is C8H6FN3O2. The molecule has 0 aliphatic rings. The third kappa shape index (κ3) is 1.00. The Morgan fingerprint density at radius 1 is 1.64 bits per heavy atom. The maximum atomic E-state index is 13.4. The first-order valence-electron chi connectivity index (χ1n) is 3.75. The van der Waals surface area contributed by atoms with Gasteiger partial charge >= 0.3 is 5.97 Å². The SMILES string of the molecule is Nc1c(C(=O)O)cc2[nH]cnc2c1F. The molecule has 0 atom stereocenters. The van der Waals surface area contributed by atoms with Gasteiger partial charge in [-0.05, 0) is 6.07 Å². The number of aromatic amines is 1. The van der Waals surface area contributed by atoms with Crippen LogP contribution in [0.5, 0.6) is 0 Å². The van der Waals surface area contributed by atoms with Crippen LogP contribution in [0.4, 0.5) is 10.1 Å². The van der Waals surface area contributed by atoms with Gasteiger partial charge in [-0.2, -0.15) is 0 Å². The Bertz CT molecular complexity index is 521. The lowest BCUT2D eigenvalue weighted by Gasteiger charge is -2.01.